The van der Waals surface area contributed by atoms with Gasteiger partial charge >= 0.3 is 0 Å². The molecule has 2 saturated carbocycles. The first kappa shape index (κ1) is 12.5. The molecule has 2 fully saturated rings. The van der Waals surface area contributed by atoms with Crippen LogP contribution in [0.2, 0.25) is 0 Å². The third-order valence-electron chi connectivity index (χ3n) is 4.83. The Morgan fingerprint density at radius 3 is 2.63 bits per heavy atom. The van der Waals surface area contributed by atoms with Gasteiger partial charge in [0, 0.05) is 0 Å². The van der Waals surface area contributed by atoms with Crippen LogP contribution in [-0.2, 0) is 4.74 Å². The Labute approximate surface area is 115 Å². The zero-order valence-corrected chi connectivity index (χ0v) is 11.6. The Hall–Kier alpha value is -1.49. The van der Waals surface area contributed by atoms with Gasteiger partial charge in [0.2, 0.25) is 0 Å². The van der Waals surface area contributed by atoms with Gasteiger partial charge in [0.15, 0.2) is 0 Å². The van der Waals surface area contributed by atoms with Crippen molar-refractivity contribution in [2.24, 2.45) is 5.41 Å². The predicted molar refractivity (Wildman–Crippen MR) is 75.2 cm³/mol. The van der Waals surface area contributed by atoms with Crippen molar-refractivity contribution in [1.29, 1.82) is 5.26 Å². The number of allylic oxidation sites excluding steroid dienone is 5. The van der Waals surface area contributed by atoms with E-state index in [-0.39, 0.29) is 0 Å². The highest BCUT2D eigenvalue weighted by atomic mass is 16.5. The summed E-state index contributed by atoms with van der Waals surface area (Å²) < 4.78 is 6.10. The number of nitrogens with zero attached hydrogens (tertiary/aromatic N) is 1. The molecule has 0 radical (unpaired) electrons. The van der Waals surface area contributed by atoms with E-state index in [9.17, 15) is 0 Å². The summed E-state index contributed by atoms with van der Waals surface area (Å²) in [6.45, 7) is 2.01. The van der Waals surface area contributed by atoms with Gasteiger partial charge in [-0.15, -0.1) is 0 Å². The molecule has 0 aliphatic heterocycles. The van der Waals surface area contributed by atoms with E-state index in [0.29, 0.717) is 11.5 Å². The molecule has 19 heavy (non-hydrogen) atoms. The highest BCUT2D eigenvalue weighted by molar-refractivity contribution is 5.43. The summed E-state index contributed by atoms with van der Waals surface area (Å²) in [5.74, 6) is 0.866. The van der Waals surface area contributed by atoms with Gasteiger partial charge in [-0.05, 0) is 69.4 Å². The third kappa shape index (κ3) is 2.76. The zero-order valence-electron chi connectivity index (χ0n) is 11.6. The van der Waals surface area contributed by atoms with Crippen LogP contribution in [0, 0.1) is 16.7 Å². The van der Waals surface area contributed by atoms with Crippen LogP contribution < -0.4 is 0 Å². The van der Waals surface area contributed by atoms with E-state index in [1.165, 1.54) is 38.5 Å². The van der Waals surface area contributed by atoms with Crippen molar-refractivity contribution in [3.63, 3.8) is 0 Å². The van der Waals surface area contributed by atoms with Crippen LogP contribution in [0.4, 0.5) is 0 Å². The Bertz CT molecular complexity index is 490. The molecule has 2 heteroatoms. The van der Waals surface area contributed by atoms with E-state index in [0.717, 1.165) is 23.3 Å². The lowest BCUT2D eigenvalue weighted by Crippen LogP contribution is -2.21. The lowest BCUT2D eigenvalue weighted by Gasteiger charge is -2.29. The smallest absolute Gasteiger partial charge is 0.120 e. The first-order valence-electron chi connectivity index (χ1n) is 7.36. The molecule has 2 nitrogen and oxygen atoms in total. The third-order valence-corrected chi connectivity index (χ3v) is 4.83. The van der Waals surface area contributed by atoms with Gasteiger partial charge in [-0.3, -0.25) is 0 Å². The fourth-order valence-corrected chi connectivity index (χ4v) is 3.17. The van der Waals surface area contributed by atoms with E-state index >= 15 is 0 Å². The van der Waals surface area contributed by atoms with Crippen LogP contribution in [0.25, 0.3) is 0 Å². The molecule has 0 heterocycles. The largest absolute Gasteiger partial charge is 0.490 e. The first-order chi connectivity index (χ1) is 9.21. The summed E-state index contributed by atoms with van der Waals surface area (Å²) >= 11 is 0. The SMILES string of the molecule is CC1=C(C#N)C=C(OC2CCC3(CC2)CC3)C=CC1. The average molecular weight is 255 g/mol. The normalized spacial score (nSPS) is 25.8. The maximum absolute atomic E-state index is 9.15. The molecule has 0 N–H and O–H groups in total. The standard InChI is InChI=1S/C17H21NO/c1-13-3-2-4-16(11-14(13)12-18)19-15-5-7-17(8-6-15)9-10-17/h2,4,11,15H,3,5-10H2,1H3. The molecule has 0 unspecified atom stereocenters. The monoisotopic (exact) mass is 255 g/mol. The maximum Gasteiger partial charge on any atom is 0.120 e. The molecule has 0 aromatic heterocycles. The van der Waals surface area contributed by atoms with Crippen molar-refractivity contribution in [3.05, 3.63) is 35.1 Å². The topological polar surface area (TPSA) is 33.0 Å². The second-order valence-corrected chi connectivity index (χ2v) is 6.28. The Balaban J connectivity index is 1.64. The van der Waals surface area contributed by atoms with Crippen molar-refractivity contribution < 1.29 is 4.74 Å². The van der Waals surface area contributed by atoms with Crippen LogP contribution in [0.5, 0.6) is 0 Å². The minimum Gasteiger partial charge on any atom is -0.490 e. The van der Waals surface area contributed by atoms with Crippen LogP contribution in [0.1, 0.15) is 51.9 Å². The summed E-state index contributed by atoms with van der Waals surface area (Å²) in [5, 5.41) is 9.15. The van der Waals surface area contributed by atoms with Crippen molar-refractivity contribution in [3.8, 4) is 6.07 Å². The van der Waals surface area contributed by atoms with Gasteiger partial charge in [-0.2, -0.15) is 5.26 Å². The number of nitriles is 1. The second-order valence-electron chi connectivity index (χ2n) is 6.28. The number of hydrogen-bond donors (Lipinski definition) is 0. The Morgan fingerprint density at radius 1 is 1.26 bits per heavy atom. The maximum atomic E-state index is 9.15. The van der Waals surface area contributed by atoms with Crippen molar-refractivity contribution in [2.75, 3.05) is 0 Å². The molecule has 0 bridgehead atoms. The van der Waals surface area contributed by atoms with Crippen molar-refractivity contribution >= 4 is 0 Å². The minimum atomic E-state index is 0.348. The molecule has 0 atom stereocenters. The summed E-state index contributed by atoms with van der Waals surface area (Å²) in [6.07, 6.45) is 15.1. The quantitative estimate of drug-likeness (QED) is 0.732. The van der Waals surface area contributed by atoms with Crippen LogP contribution >= 0.6 is 0 Å². The molecule has 100 valence electrons. The Morgan fingerprint density at radius 2 is 2.00 bits per heavy atom. The van der Waals surface area contributed by atoms with Gasteiger partial charge in [-0.25, -0.2) is 0 Å². The van der Waals surface area contributed by atoms with Crippen LogP contribution in [-0.4, -0.2) is 6.10 Å². The molecular weight excluding hydrogens is 234 g/mol. The number of ether oxygens (including phenoxy) is 1. The molecule has 0 aromatic carbocycles. The number of rotatable bonds is 2. The van der Waals surface area contributed by atoms with Gasteiger partial charge in [-0.1, -0.05) is 11.6 Å². The highest BCUT2D eigenvalue weighted by Crippen LogP contribution is 2.56. The van der Waals surface area contributed by atoms with E-state index in [1.54, 1.807) is 0 Å². The van der Waals surface area contributed by atoms with Gasteiger partial charge in [0.25, 0.3) is 0 Å². The van der Waals surface area contributed by atoms with Gasteiger partial charge in [0.1, 0.15) is 5.76 Å². The van der Waals surface area contributed by atoms with E-state index < -0.39 is 0 Å². The average Bonchev–Trinajstić information content (AvgIpc) is 3.19. The fourth-order valence-electron chi connectivity index (χ4n) is 3.17. The van der Waals surface area contributed by atoms with E-state index in [4.69, 9.17) is 10.00 Å². The molecule has 3 rings (SSSR count). The first-order valence-corrected chi connectivity index (χ1v) is 7.36. The molecule has 3 aliphatic carbocycles. The molecule has 1 spiro atoms. The Kier molecular flexibility index (Phi) is 3.22. The number of hydrogen-bond acceptors (Lipinski definition) is 2. The second kappa shape index (κ2) is 4.89. The van der Waals surface area contributed by atoms with E-state index in [1.807, 2.05) is 19.1 Å². The lowest BCUT2D eigenvalue weighted by molar-refractivity contribution is 0.0691. The van der Waals surface area contributed by atoms with E-state index in [2.05, 4.69) is 12.1 Å². The molecule has 3 aliphatic rings. The molecule has 0 amide bonds. The van der Waals surface area contributed by atoms with Gasteiger partial charge in [0.05, 0.1) is 17.7 Å². The molecular formula is C17H21NO. The van der Waals surface area contributed by atoms with Crippen molar-refractivity contribution in [1.82, 2.24) is 0 Å². The summed E-state index contributed by atoms with van der Waals surface area (Å²) in [5.41, 5.74) is 2.59. The summed E-state index contributed by atoms with van der Waals surface area (Å²) in [7, 11) is 0. The molecule has 0 aromatic rings. The van der Waals surface area contributed by atoms with Crippen LogP contribution in [0.3, 0.4) is 0 Å². The summed E-state index contributed by atoms with van der Waals surface area (Å²) in [6, 6.07) is 2.27. The van der Waals surface area contributed by atoms with Crippen LogP contribution in [0.15, 0.2) is 35.1 Å². The highest BCUT2D eigenvalue weighted by Gasteiger charge is 2.45. The van der Waals surface area contributed by atoms with Crippen molar-refractivity contribution in [2.45, 2.75) is 58.0 Å². The zero-order chi connectivity index (χ0) is 13.3. The fraction of sp³-hybridized carbons (Fsp3) is 0.588. The predicted octanol–water partition coefficient (Wildman–Crippen LogP) is 4.41. The minimum absolute atomic E-state index is 0.348. The lowest BCUT2D eigenvalue weighted by atomic mass is 9.85. The summed E-state index contributed by atoms with van der Waals surface area (Å²) in [4.78, 5) is 0. The van der Waals surface area contributed by atoms with Gasteiger partial charge < -0.3 is 4.74 Å². The molecule has 0 saturated heterocycles.